The predicted octanol–water partition coefficient (Wildman–Crippen LogP) is 3.76. The number of unbranched alkanes of at least 4 members (excludes halogenated alkanes) is 1. The highest BCUT2D eigenvalue weighted by molar-refractivity contribution is 5.31. The highest BCUT2D eigenvalue weighted by Crippen LogP contribution is 2.13. The van der Waals surface area contributed by atoms with Crippen LogP contribution in [0.5, 0.6) is 0 Å². The third-order valence-corrected chi connectivity index (χ3v) is 3.15. The number of hydrogen-bond acceptors (Lipinski definition) is 2. The summed E-state index contributed by atoms with van der Waals surface area (Å²) in [5, 5.41) is 3.42. The lowest BCUT2D eigenvalue weighted by Gasteiger charge is -2.10. The summed E-state index contributed by atoms with van der Waals surface area (Å²) in [7, 11) is 0. The molecule has 0 amide bonds. The van der Waals surface area contributed by atoms with Crippen molar-refractivity contribution >= 4 is 5.95 Å². The average Bonchev–Trinajstić information content (AvgIpc) is 2.70. The molecule has 1 heterocycles. The predicted molar refractivity (Wildman–Crippen MR) is 80.6 cm³/mol. The van der Waals surface area contributed by atoms with Gasteiger partial charge in [0.1, 0.15) is 0 Å². The molecule has 1 N–H and O–H groups in total. The summed E-state index contributed by atoms with van der Waals surface area (Å²) >= 11 is 0. The lowest BCUT2D eigenvalue weighted by Crippen LogP contribution is -2.09. The number of hydrogen-bond donors (Lipinski definition) is 1. The zero-order valence-electron chi connectivity index (χ0n) is 12.1. The lowest BCUT2D eigenvalue weighted by molar-refractivity contribution is 0.775. The van der Waals surface area contributed by atoms with Crippen LogP contribution in [-0.2, 0) is 6.54 Å². The minimum Gasteiger partial charge on any atom is -0.356 e. The van der Waals surface area contributed by atoms with Crippen molar-refractivity contribution in [2.45, 2.75) is 40.2 Å². The van der Waals surface area contributed by atoms with Crippen LogP contribution in [-0.4, -0.2) is 16.1 Å². The molecule has 0 radical (unpaired) electrons. The van der Waals surface area contributed by atoms with Gasteiger partial charge in [0, 0.05) is 12.7 Å². The molecule has 3 heteroatoms. The maximum Gasteiger partial charge on any atom is 0.203 e. The Hall–Kier alpha value is -1.77. The van der Waals surface area contributed by atoms with Crippen LogP contribution in [0.2, 0.25) is 0 Å². The molecule has 0 aliphatic heterocycles. The molecule has 102 valence electrons. The van der Waals surface area contributed by atoms with Crippen molar-refractivity contribution < 1.29 is 0 Å². The summed E-state index contributed by atoms with van der Waals surface area (Å²) < 4.78 is 2.19. The van der Waals surface area contributed by atoms with E-state index in [4.69, 9.17) is 0 Å². The van der Waals surface area contributed by atoms with Crippen LogP contribution < -0.4 is 5.32 Å². The molecule has 19 heavy (non-hydrogen) atoms. The van der Waals surface area contributed by atoms with E-state index < -0.39 is 0 Å². The minimum absolute atomic E-state index is 0.872. The van der Waals surface area contributed by atoms with Crippen molar-refractivity contribution in [1.29, 1.82) is 0 Å². The van der Waals surface area contributed by atoms with E-state index in [1.54, 1.807) is 0 Å². The Kier molecular flexibility index (Phi) is 4.61. The van der Waals surface area contributed by atoms with Crippen LogP contribution in [0.4, 0.5) is 5.95 Å². The largest absolute Gasteiger partial charge is 0.356 e. The molecule has 0 aliphatic rings. The van der Waals surface area contributed by atoms with E-state index in [2.05, 4.69) is 59.2 Å². The van der Waals surface area contributed by atoms with Gasteiger partial charge in [-0.2, -0.15) is 0 Å². The highest BCUT2D eigenvalue weighted by atomic mass is 15.2. The number of anilines is 1. The Balaban J connectivity index is 2.10. The number of imidazole rings is 1. The molecule has 2 aromatic rings. The van der Waals surface area contributed by atoms with Gasteiger partial charge in [-0.25, -0.2) is 4.98 Å². The van der Waals surface area contributed by atoms with Crippen molar-refractivity contribution in [2.24, 2.45) is 0 Å². The molecule has 0 saturated heterocycles. The summed E-state index contributed by atoms with van der Waals surface area (Å²) in [5.74, 6) is 0.979. The van der Waals surface area contributed by atoms with Crippen LogP contribution in [0.25, 0.3) is 0 Å². The van der Waals surface area contributed by atoms with Crippen molar-refractivity contribution in [3.8, 4) is 0 Å². The fourth-order valence-corrected chi connectivity index (χ4v) is 2.19. The van der Waals surface area contributed by atoms with Gasteiger partial charge in [0.25, 0.3) is 0 Å². The first kappa shape index (κ1) is 13.7. The van der Waals surface area contributed by atoms with E-state index in [1.807, 2.05) is 6.92 Å². The van der Waals surface area contributed by atoms with Crippen LogP contribution in [0.1, 0.15) is 36.6 Å². The second-order valence-electron chi connectivity index (χ2n) is 5.10. The normalized spacial score (nSPS) is 10.7. The van der Waals surface area contributed by atoms with Crippen LogP contribution in [0.3, 0.4) is 0 Å². The van der Waals surface area contributed by atoms with Crippen molar-refractivity contribution in [3.05, 3.63) is 47.3 Å². The summed E-state index contributed by atoms with van der Waals surface area (Å²) in [5.41, 5.74) is 3.68. The quantitative estimate of drug-likeness (QED) is 0.798. The molecule has 0 unspecified atom stereocenters. The molecule has 2 rings (SSSR count). The number of aryl methyl sites for hydroxylation is 2. The van der Waals surface area contributed by atoms with Gasteiger partial charge in [0.2, 0.25) is 5.95 Å². The van der Waals surface area contributed by atoms with Crippen LogP contribution in [0.15, 0.2) is 30.5 Å². The van der Waals surface area contributed by atoms with Crippen LogP contribution in [0, 0.1) is 13.8 Å². The Bertz CT molecular complexity index is 529. The topological polar surface area (TPSA) is 29.9 Å². The van der Waals surface area contributed by atoms with Crippen molar-refractivity contribution in [1.82, 2.24) is 9.55 Å². The number of aromatic nitrogens is 2. The first-order chi connectivity index (χ1) is 9.19. The van der Waals surface area contributed by atoms with Gasteiger partial charge in [0.15, 0.2) is 0 Å². The van der Waals surface area contributed by atoms with E-state index in [0.717, 1.165) is 24.7 Å². The van der Waals surface area contributed by atoms with Gasteiger partial charge >= 0.3 is 0 Å². The summed E-state index contributed by atoms with van der Waals surface area (Å²) in [6.07, 6.45) is 4.48. The molecule has 0 aliphatic carbocycles. The molecule has 0 bridgehead atoms. The van der Waals surface area contributed by atoms with Gasteiger partial charge in [-0.05, 0) is 25.8 Å². The zero-order valence-corrected chi connectivity index (χ0v) is 12.1. The maximum absolute atomic E-state index is 4.55. The standard InChI is InChI=1S/C16H23N3/c1-4-5-9-17-16-18-14(3)11-19(16)12-15-8-6-7-13(2)10-15/h6-8,10-11H,4-5,9,12H2,1-3H3,(H,17,18). The number of rotatable bonds is 6. The van der Waals surface area contributed by atoms with Gasteiger partial charge < -0.3 is 9.88 Å². The van der Waals surface area contributed by atoms with Gasteiger partial charge in [-0.15, -0.1) is 0 Å². The van der Waals surface area contributed by atoms with E-state index >= 15 is 0 Å². The second-order valence-corrected chi connectivity index (χ2v) is 5.10. The highest BCUT2D eigenvalue weighted by Gasteiger charge is 2.05. The summed E-state index contributed by atoms with van der Waals surface area (Å²) in [6.45, 7) is 8.23. The second kappa shape index (κ2) is 6.41. The van der Waals surface area contributed by atoms with Crippen molar-refractivity contribution in [2.75, 3.05) is 11.9 Å². The number of nitrogens with one attached hydrogen (secondary N) is 1. The van der Waals surface area contributed by atoms with E-state index in [9.17, 15) is 0 Å². The number of benzene rings is 1. The molecule has 0 saturated carbocycles. The fourth-order valence-electron chi connectivity index (χ4n) is 2.19. The Morgan fingerprint density at radius 2 is 2.11 bits per heavy atom. The third-order valence-electron chi connectivity index (χ3n) is 3.15. The zero-order chi connectivity index (χ0) is 13.7. The summed E-state index contributed by atoms with van der Waals surface area (Å²) in [4.78, 5) is 4.55. The summed E-state index contributed by atoms with van der Waals surface area (Å²) in [6, 6.07) is 8.63. The molecule has 0 fully saturated rings. The fraction of sp³-hybridized carbons (Fsp3) is 0.438. The Labute approximate surface area is 115 Å². The molecule has 0 spiro atoms. The monoisotopic (exact) mass is 257 g/mol. The number of nitrogens with zero attached hydrogens (tertiary/aromatic N) is 2. The Morgan fingerprint density at radius 3 is 2.84 bits per heavy atom. The van der Waals surface area contributed by atoms with E-state index in [0.29, 0.717) is 0 Å². The van der Waals surface area contributed by atoms with Crippen molar-refractivity contribution in [3.63, 3.8) is 0 Å². The van der Waals surface area contributed by atoms with E-state index in [1.165, 1.54) is 24.0 Å². The molecular weight excluding hydrogens is 234 g/mol. The van der Waals surface area contributed by atoms with Gasteiger partial charge in [0.05, 0.1) is 12.2 Å². The molecule has 3 nitrogen and oxygen atoms in total. The third kappa shape index (κ3) is 3.85. The SMILES string of the molecule is CCCCNc1nc(C)cn1Cc1cccc(C)c1. The van der Waals surface area contributed by atoms with E-state index in [-0.39, 0.29) is 0 Å². The Morgan fingerprint density at radius 1 is 1.26 bits per heavy atom. The molecule has 1 aromatic heterocycles. The molecule has 0 atom stereocenters. The maximum atomic E-state index is 4.55. The molecule has 1 aromatic carbocycles. The first-order valence-electron chi connectivity index (χ1n) is 7.02. The van der Waals surface area contributed by atoms with Crippen LogP contribution >= 0.6 is 0 Å². The van der Waals surface area contributed by atoms with Gasteiger partial charge in [-0.1, -0.05) is 43.2 Å². The lowest BCUT2D eigenvalue weighted by atomic mass is 10.1. The first-order valence-corrected chi connectivity index (χ1v) is 7.02. The minimum atomic E-state index is 0.872. The smallest absolute Gasteiger partial charge is 0.203 e. The van der Waals surface area contributed by atoms with Gasteiger partial charge in [-0.3, -0.25) is 0 Å². The average molecular weight is 257 g/mol. The molecular formula is C16H23N3.